The molecule has 0 aliphatic carbocycles. The van der Waals surface area contributed by atoms with E-state index in [4.69, 9.17) is 0 Å². The summed E-state index contributed by atoms with van der Waals surface area (Å²) in [6.07, 6.45) is 9.30. The van der Waals surface area contributed by atoms with E-state index in [9.17, 15) is 25.9 Å². The molecule has 8 nitrogen and oxygen atoms in total. The molecule has 0 heterocycles. The van der Waals surface area contributed by atoms with Crippen LogP contribution >= 0.6 is 0 Å². The van der Waals surface area contributed by atoms with Crippen molar-refractivity contribution in [3.05, 3.63) is 0 Å². The molecule has 3 atom stereocenters. The van der Waals surface area contributed by atoms with Gasteiger partial charge in [0.05, 0.1) is 13.2 Å². The second-order valence-corrected chi connectivity index (χ2v) is 11.1. The minimum absolute atomic E-state index is 0. The third kappa shape index (κ3) is 28.0. The second-order valence-electron chi connectivity index (χ2n) is 8.97. The molecule has 0 aromatic carbocycles. The van der Waals surface area contributed by atoms with Gasteiger partial charge in [-0.25, -0.2) is 16.8 Å². The van der Waals surface area contributed by atoms with Gasteiger partial charge in [0.25, 0.3) is 0 Å². The first-order chi connectivity index (χ1) is 13.8. The summed E-state index contributed by atoms with van der Waals surface area (Å²) in [6, 6.07) is 0. The van der Waals surface area contributed by atoms with Crippen LogP contribution in [-0.4, -0.2) is 39.2 Å². The molecule has 0 aromatic rings. The van der Waals surface area contributed by atoms with Gasteiger partial charge in [-0.1, -0.05) is 72.6 Å². The maximum Gasteiger partial charge on any atom is 1.00 e. The van der Waals surface area contributed by atoms with Crippen LogP contribution in [0, 0.1) is 23.7 Å². The molecule has 0 amide bonds. The molecule has 0 fully saturated rings. The van der Waals surface area contributed by atoms with E-state index < -0.39 is 20.8 Å². The molecule has 3 unspecified atom stereocenters. The molecule has 0 aromatic heterocycles. The van der Waals surface area contributed by atoms with Gasteiger partial charge in [0, 0.05) is 0 Å². The van der Waals surface area contributed by atoms with Crippen molar-refractivity contribution in [1.29, 1.82) is 0 Å². The molecule has 0 saturated heterocycles. The van der Waals surface area contributed by atoms with Gasteiger partial charge in [0.2, 0.25) is 20.8 Å². The molecule has 0 bridgehead atoms. The molecule has 182 valence electrons. The van der Waals surface area contributed by atoms with Crippen molar-refractivity contribution in [2.45, 2.75) is 91.9 Å². The number of rotatable bonds is 19. The van der Waals surface area contributed by atoms with Gasteiger partial charge in [-0.15, -0.1) is 0 Å². The average Bonchev–Trinajstić information content (AvgIpc) is 2.57. The summed E-state index contributed by atoms with van der Waals surface area (Å²) in [4.78, 5) is 0. The molecule has 32 heavy (non-hydrogen) atoms. The third-order valence-corrected chi connectivity index (χ3v) is 6.26. The van der Waals surface area contributed by atoms with Gasteiger partial charge in [-0.2, -0.15) is 0 Å². The van der Waals surface area contributed by atoms with Crippen LogP contribution in [0.2, 0.25) is 0 Å². The largest absolute Gasteiger partial charge is 1.00 e. The molecule has 0 aliphatic rings. The monoisotopic (exact) mass is 518 g/mol. The zero-order chi connectivity index (χ0) is 23.2. The Morgan fingerprint density at radius 1 is 0.625 bits per heavy atom. The maximum absolute atomic E-state index is 10.8. The van der Waals surface area contributed by atoms with Crippen LogP contribution in [0.15, 0.2) is 0 Å². The van der Waals surface area contributed by atoms with Gasteiger partial charge < -0.3 is 9.11 Å². The van der Waals surface area contributed by atoms with Crippen molar-refractivity contribution < 1.29 is 93.4 Å². The fourth-order valence-electron chi connectivity index (χ4n) is 3.52. The van der Waals surface area contributed by atoms with Crippen LogP contribution in [0.5, 0.6) is 0 Å². The Balaban J connectivity index is -0.00000420. The predicted octanol–water partition coefficient (Wildman–Crippen LogP) is -1.61. The van der Waals surface area contributed by atoms with Gasteiger partial charge in [-0.05, 0) is 42.9 Å². The summed E-state index contributed by atoms with van der Waals surface area (Å²) in [7, 11) is -9.25. The van der Waals surface area contributed by atoms with Crippen molar-refractivity contribution in [3.63, 3.8) is 0 Å². The molecule has 0 N–H and O–H groups in total. The van der Waals surface area contributed by atoms with E-state index in [-0.39, 0.29) is 84.2 Å². The van der Waals surface area contributed by atoms with Crippen molar-refractivity contribution in [3.8, 4) is 0 Å². The second kappa shape index (κ2) is 20.9. The van der Waals surface area contributed by atoms with E-state index in [0.717, 1.165) is 57.8 Å². The molecular weight excluding hydrogens is 478 g/mol. The molecule has 0 saturated carbocycles. The zero-order valence-corrected chi connectivity index (χ0v) is 26.5. The number of hydrogen-bond donors (Lipinski definition) is 0. The van der Waals surface area contributed by atoms with Crippen LogP contribution in [0.3, 0.4) is 0 Å². The summed E-state index contributed by atoms with van der Waals surface area (Å²) in [5, 5.41) is 0. The van der Waals surface area contributed by atoms with E-state index in [2.05, 4.69) is 29.1 Å². The fourth-order valence-corrected chi connectivity index (χ4v) is 4.17. The van der Waals surface area contributed by atoms with Gasteiger partial charge in [-0.3, -0.25) is 8.37 Å². The van der Waals surface area contributed by atoms with Crippen LogP contribution < -0.4 is 59.1 Å². The van der Waals surface area contributed by atoms with E-state index in [0.29, 0.717) is 18.3 Å². The quantitative estimate of drug-likeness (QED) is 0.113. The maximum atomic E-state index is 10.8. The summed E-state index contributed by atoms with van der Waals surface area (Å²) >= 11 is 0. The van der Waals surface area contributed by atoms with Crippen molar-refractivity contribution in [1.82, 2.24) is 0 Å². The first kappa shape index (κ1) is 38.3. The first-order valence-corrected chi connectivity index (χ1v) is 13.7. The minimum Gasteiger partial charge on any atom is -0.726 e. The Hall–Kier alpha value is 1.74. The Labute approximate surface area is 240 Å². The van der Waals surface area contributed by atoms with Crippen LogP contribution in [0.25, 0.3) is 0 Å². The van der Waals surface area contributed by atoms with Crippen LogP contribution in [0.1, 0.15) is 91.9 Å². The normalized spacial score (nSPS) is 15.0. The molecular formula is C20H40Na2O8S2. The van der Waals surface area contributed by atoms with Crippen molar-refractivity contribution in [2.24, 2.45) is 23.7 Å². The van der Waals surface area contributed by atoms with Gasteiger partial charge in [0.15, 0.2) is 0 Å². The summed E-state index contributed by atoms with van der Waals surface area (Å²) in [6.45, 7) is 8.39. The SMILES string of the molecule is CC(C)CCCC(CCCC(C)CCCC(C)CCOS(=O)(=O)[O-])COS(=O)(=O)[O-].[Na+].[Na+]. The predicted molar refractivity (Wildman–Crippen MR) is 114 cm³/mol. The molecule has 0 spiro atoms. The van der Waals surface area contributed by atoms with E-state index >= 15 is 0 Å². The summed E-state index contributed by atoms with van der Waals surface area (Å²) in [5.74, 6) is 1.48. The minimum atomic E-state index is -4.65. The van der Waals surface area contributed by atoms with E-state index in [1.54, 1.807) is 0 Å². The van der Waals surface area contributed by atoms with Gasteiger partial charge in [0.1, 0.15) is 0 Å². The molecule has 0 aliphatic heterocycles. The van der Waals surface area contributed by atoms with E-state index in [1.807, 2.05) is 6.92 Å². The molecule has 12 heteroatoms. The Bertz CT molecular complexity index is 642. The Morgan fingerprint density at radius 2 is 1.03 bits per heavy atom. The standard InChI is InChI=1S/C20H42O8S2.2Na/c1-17(2)8-5-12-20(16-28-30(24,25)26)13-7-11-18(3)9-6-10-19(4)14-15-27-29(21,22)23;;/h17-20H,5-16H2,1-4H3,(H,21,22,23)(H,24,25,26);;/q;2*+1/p-2. The average molecular weight is 519 g/mol. The summed E-state index contributed by atoms with van der Waals surface area (Å²) < 4.78 is 72.2. The fraction of sp³-hybridized carbons (Fsp3) is 1.00. The van der Waals surface area contributed by atoms with Crippen molar-refractivity contribution in [2.75, 3.05) is 13.2 Å². The van der Waals surface area contributed by atoms with Crippen LogP contribution in [-0.2, 0) is 29.2 Å². The topological polar surface area (TPSA) is 133 Å². The van der Waals surface area contributed by atoms with Gasteiger partial charge >= 0.3 is 59.1 Å². The van der Waals surface area contributed by atoms with Crippen molar-refractivity contribution >= 4 is 20.8 Å². The third-order valence-electron chi connectivity index (χ3n) is 5.38. The summed E-state index contributed by atoms with van der Waals surface area (Å²) in [5.41, 5.74) is 0. The number of hydrogen-bond acceptors (Lipinski definition) is 8. The molecule has 0 rings (SSSR count). The Kier molecular flexibility index (Phi) is 25.0. The smallest absolute Gasteiger partial charge is 0.726 e. The van der Waals surface area contributed by atoms with Crippen LogP contribution in [0.4, 0.5) is 0 Å². The molecule has 0 radical (unpaired) electrons. The van der Waals surface area contributed by atoms with E-state index in [1.165, 1.54) is 0 Å². The first-order valence-electron chi connectivity index (χ1n) is 11.0. The Morgan fingerprint density at radius 3 is 1.47 bits per heavy atom. The zero-order valence-electron chi connectivity index (χ0n) is 20.9.